The molecule has 1 aromatic carbocycles. The van der Waals surface area contributed by atoms with Crippen LogP contribution in [0, 0.1) is 0 Å². The number of para-hydroxylation sites is 1. The molecule has 0 aliphatic heterocycles. The van der Waals surface area contributed by atoms with Gasteiger partial charge < -0.3 is 4.74 Å². The molecule has 146 valence electrons. The van der Waals surface area contributed by atoms with Crippen molar-refractivity contribution in [1.82, 2.24) is 19.9 Å². The lowest BCUT2D eigenvalue weighted by atomic mass is 9.94. The van der Waals surface area contributed by atoms with Crippen molar-refractivity contribution in [3.05, 3.63) is 63.5 Å². The molecule has 2 heterocycles. The summed E-state index contributed by atoms with van der Waals surface area (Å²) in [5, 5.41) is 7.38. The van der Waals surface area contributed by atoms with Crippen LogP contribution in [0.3, 0.4) is 0 Å². The van der Waals surface area contributed by atoms with Gasteiger partial charge >= 0.3 is 0 Å². The Bertz CT molecular complexity index is 1120. The van der Waals surface area contributed by atoms with E-state index in [1.165, 1.54) is 12.3 Å². The first kappa shape index (κ1) is 19.4. The Hall–Kier alpha value is -1.94. The number of ether oxygens (including phenoxy) is 1. The summed E-state index contributed by atoms with van der Waals surface area (Å²) < 4.78 is 34.5. The normalized spacial score (nSPS) is 16.6. The van der Waals surface area contributed by atoms with Crippen LogP contribution < -0.4 is 9.46 Å². The van der Waals surface area contributed by atoms with Crippen LogP contribution in [0.1, 0.15) is 30.1 Å². The first-order chi connectivity index (χ1) is 13.4. The van der Waals surface area contributed by atoms with Gasteiger partial charge in [-0.1, -0.05) is 23.7 Å². The summed E-state index contributed by atoms with van der Waals surface area (Å²) in [7, 11) is -3.77. The van der Waals surface area contributed by atoms with E-state index in [9.17, 15) is 8.42 Å². The maximum absolute atomic E-state index is 12.8. The van der Waals surface area contributed by atoms with E-state index in [0.717, 1.165) is 24.1 Å². The largest absolute Gasteiger partial charge is 0.436 e. The summed E-state index contributed by atoms with van der Waals surface area (Å²) >= 11 is 9.42. The number of sulfonamides is 1. The molecular weight excluding hydrogens is 468 g/mol. The molecule has 0 fully saturated rings. The molecule has 10 heteroatoms. The van der Waals surface area contributed by atoms with Crippen LogP contribution in [-0.4, -0.2) is 23.6 Å². The number of rotatable bonds is 5. The monoisotopic (exact) mass is 482 g/mol. The van der Waals surface area contributed by atoms with Gasteiger partial charge in [-0.05, 0) is 53.4 Å². The minimum atomic E-state index is -3.77. The summed E-state index contributed by atoms with van der Waals surface area (Å²) in [5.41, 5.74) is 1.86. The minimum Gasteiger partial charge on any atom is -0.436 e. The standard InChI is InChI=1S/C18H16BrClN4O3S/c19-13-8-11(9-21-18(13)27-17-7-2-1-4-14(17)20)28(25,26)24-16-6-3-5-15-12(16)10-22-23-15/h1-2,4,7-10,16,24H,3,5-6H2,(H,22,23)/t16-/m1/s1. The van der Waals surface area contributed by atoms with Crippen LogP contribution in [0.25, 0.3) is 0 Å². The zero-order valence-electron chi connectivity index (χ0n) is 14.5. The molecule has 0 amide bonds. The molecule has 3 aromatic rings. The van der Waals surface area contributed by atoms with Gasteiger partial charge in [0.2, 0.25) is 15.9 Å². The third-order valence-corrected chi connectivity index (χ3v) is 6.80. The molecule has 0 saturated carbocycles. The fraction of sp³-hybridized carbons (Fsp3) is 0.222. The Labute approximate surface area is 175 Å². The highest BCUT2D eigenvalue weighted by molar-refractivity contribution is 9.10. The number of aryl methyl sites for hydroxylation is 1. The number of nitrogens with one attached hydrogen (secondary N) is 2. The van der Waals surface area contributed by atoms with Gasteiger partial charge in [-0.25, -0.2) is 18.1 Å². The third-order valence-electron chi connectivity index (χ3n) is 4.48. The number of aromatic nitrogens is 3. The highest BCUT2D eigenvalue weighted by atomic mass is 79.9. The van der Waals surface area contributed by atoms with Crippen molar-refractivity contribution in [2.24, 2.45) is 0 Å². The second kappa shape index (κ2) is 7.82. The summed E-state index contributed by atoms with van der Waals surface area (Å²) in [6, 6.07) is 8.11. The Morgan fingerprint density at radius 1 is 1.29 bits per heavy atom. The van der Waals surface area contributed by atoms with Crippen LogP contribution in [0.2, 0.25) is 5.02 Å². The smallest absolute Gasteiger partial charge is 0.242 e. The molecule has 1 atom stereocenters. The lowest BCUT2D eigenvalue weighted by molar-refractivity contribution is 0.458. The Morgan fingerprint density at radius 2 is 2.11 bits per heavy atom. The summed E-state index contributed by atoms with van der Waals surface area (Å²) in [6.45, 7) is 0. The summed E-state index contributed by atoms with van der Waals surface area (Å²) in [5.74, 6) is 0.655. The number of aromatic amines is 1. The van der Waals surface area contributed by atoms with Crippen LogP contribution in [-0.2, 0) is 16.4 Å². The molecule has 2 aromatic heterocycles. The quantitative estimate of drug-likeness (QED) is 0.562. The van der Waals surface area contributed by atoms with Crippen molar-refractivity contribution < 1.29 is 13.2 Å². The highest BCUT2D eigenvalue weighted by Gasteiger charge is 2.27. The molecule has 0 bridgehead atoms. The van der Waals surface area contributed by atoms with Crippen molar-refractivity contribution >= 4 is 37.6 Å². The van der Waals surface area contributed by atoms with Crippen molar-refractivity contribution in [1.29, 1.82) is 0 Å². The van der Waals surface area contributed by atoms with E-state index in [4.69, 9.17) is 16.3 Å². The number of halogens is 2. The zero-order valence-corrected chi connectivity index (χ0v) is 17.7. The molecule has 7 nitrogen and oxygen atoms in total. The SMILES string of the molecule is O=S(=O)(N[C@@H]1CCCc2[nH]ncc21)c1cnc(Oc2ccccc2Cl)c(Br)c1. The van der Waals surface area contributed by atoms with E-state index >= 15 is 0 Å². The van der Waals surface area contributed by atoms with Crippen molar-refractivity contribution in [3.63, 3.8) is 0 Å². The second-order valence-electron chi connectivity index (χ2n) is 6.36. The fourth-order valence-electron chi connectivity index (χ4n) is 3.10. The minimum absolute atomic E-state index is 0.0431. The number of H-pyrrole nitrogens is 1. The third kappa shape index (κ3) is 3.93. The van der Waals surface area contributed by atoms with Gasteiger partial charge in [-0.3, -0.25) is 5.10 Å². The van der Waals surface area contributed by atoms with Crippen LogP contribution in [0.5, 0.6) is 11.6 Å². The number of pyridine rings is 1. The van der Waals surface area contributed by atoms with Crippen molar-refractivity contribution in [3.8, 4) is 11.6 Å². The molecular formula is C18H16BrClN4O3S. The lowest BCUT2D eigenvalue weighted by Gasteiger charge is -2.22. The van der Waals surface area contributed by atoms with Crippen LogP contribution >= 0.6 is 27.5 Å². The molecule has 0 spiro atoms. The second-order valence-corrected chi connectivity index (χ2v) is 9.34. The van der Waals surface area contributed by atoms with Gasteiger partial charge in [0.15, 0.2) is 0 Å². The number of fused-ring (bicyclic) bond motifs is 1. The van der Waals surface area contributed by atoms with Crippen molar-refractivity contribution in [2.75, 3.05) is 0 Å². The van der Waals surface area contributed by atoms with E-state index in [-0.39, 0.29) is 16.8 Å². The van der Waals surface area contributed by atoms with Gasteiger partial charge in [-0.15, -0.1) is 0 Å². The van der Waals surface area contributed by atoms with Gasteiger partial charge in [0.05, 0.1) is 27.9 Å². The Morgan fingerprint density at radius 3 is 2.89 bits per heavy atom. The topological polar surface area (TPSA) is 97.0 Å². The predicted octanol–water partition coefficient (Wildman–Crippen LogP) is 4.37. The van der Waals surface area contributed by atoms with E-state index in [1.54, 1.807) is 30.5 Å². The maximum Gasteiger partial charge on any atom is 0.242 e. The van der Waals surface area contributed by atoms with Crippen LogP contribution in [0.4, 0.5) is 0 Å². The highest BCUT2D eigenvalue weighted by Crippen LogP contribution is 2.34. The van der Waals surface area contributed by atoms with E-state index in [2.05, 4.69) is 35.8 Å². The fourth-order valence-corrected chi connectivity index (χ4v) is 5.08. The Balaban J connectivity index is 1.56. The first-order valence-corrected chi connectivity index (χ1v) is 11.2. The summed E-state index contributed by atoms with van der Waals surface area (Å²) in [4.78, 5) is 4.19. The molecule has 0 radical (unpaired) electrons. The molecule has 1 aliphatic rings. The molecule has 0 unspecified atom stereocenters. The Kier molecular flexibility index (Phi) is 5.42. The molecule has 4 rings (SSSR count). The molecule has 1 aliphatic carbocycles. The van der Waals surface area contributed by atoms with Crippen LogP contribution in [0.15, 0.2) is 52.1 Å². The van der Waals surface area contributed by atoms with E-state index in [0.29, 0.717) is 21.7 Å². The van der Waals surface area contributed by atoms with Crippen molar-refractivity contribution in [2.45, 2.75) is 30.2 Å². The number of benzene rings is 1. The predicted molar refractivity (Wildman–Crippen MR) is 108 cm³/mol. The zero-order chi connectivity index (χ0) is 19.7. The molecule has 28 heavy (non-hydrogen) atoms. The summed E-state index contributed by atoms with van der Waals surface area (Å²) in [6.07, 6.45) is 5.41. The number of nitrogens with zero attached hydrogens (tertiary/aromatic N) is 2. The molecule has 0 saturated heterocycles. The first-order valence-electron chi connectivity index (χ1n) is 8.56. The van der Waals surface area contributed by atoms with Gasteiger partial charge in [-0.2, -0.15) is 5.10 Å². The number of hydrogen-bond donors (Lipinski definition) is 2. The van der Waals surface area contributed by atoms with E-state index < -0.39 is 10.0 Å². The average Bonchev–Trinajstić information content (AvgIpc) is 3.15. The van der Waals surface area contributed by atoms with Gasteiger partial charge in [0, 0.05) is 11.3 Å². The maximum atomic E-state index is 12.8. The lowest BCUT2D eigenvalue weighted by Crippen LogP contribution is -2.30. The molecule has 2 N–H and O–H groups in total. The van der Waals surface area contributed by atoms with Gasteiger partial charge in [0.1, 0.15) is 10.6 Å². The number of hydrogen-bond acceptors (Lipinski definition) is 5. The van der Waals surface area contributed by atoms with E-state index in [1.807, 2.05) is 0 Å². The van der Waals surface area contributed by atoms with Gasteiger partial charge in [0.25, 0.3) is 0 Å². The average molecular weight is 484 g/mol.